The van der Waals surface area contributed by atoms with E-state index in [1.165, 1.54) is 0 Å². The zero-order chi connectivity index (χ0) is 23.8. The molecule has 33 heavy (non-hydrogen) atoms. The van der Waals surface area contributed by atoms with E-state index in [1.54, 1.807) is 4.90 Å². The highest BCUT2D eigenvalue weighted by molar-refractivity contribution is 5.88. The molecule has 1 saturated carbocycles. The molecule has 3 rings (SSSR count). The highest BCUT2D eigenvalue weighted by Gasteiger charge is 2.31. The Hall–Kier alpha value is -2.82. The number of amides is 2. The maximum absolute atomic E-state index is 13.4. The first kappa shape index (κ1) is 24.8. The first-order chi connectivity index (χ1) is 15.9. The number of hydrogen-bond donors (Lipinski definition) is 1. The second-order valence-electron chi connectivity index (χ2n) is 9.41. The lowest BCUT2D eigenvalue weighted by Gasteiger charge is -2.31. The Morgan fingerprint density at radius 1 is 1.09 bits per heavy atom. The normalized spacial score (nSPS) is 14.8. The van der Waals surface area contributed by atoms with Gasteiger partial charge in [-0.1, -0.05) is 81.6 Å². The Kier molecular flexibility index (Phi) is 8.93. The van der Waals surface area contributed by atoms with Crippen molar-refractivity contribution in [3.05, 3.63) is 65.2 Å². The van der Waals surface area contributed by atoms with Crippen LogP contribution in [0.25, 0.3) is 0 Å². The molecule has 1 unspecified atom stereocenters. The Morgan fingerprint density at radius 2 is 1.82 bits per heavy atom. The molecule has 0 heterocycles. The summed E-state index contributed by atoms with van der Waals surface area (Å²) in [6.45, 7) is 8.49. The van der Waals surface area contributed by atoms with Crippen molar-refractivity contribution >= 4 is 11.8 Å². The number of carbonyl (C=O) groups is 2. The predicted molar refractivity (Wildman–Crippen MR) is 132 cm³/mol. The minimum Gasteiger partial charge on any atom is -0.483 e. The smallest absolute Gasteiger partial charge is 0.261 e. The van der Waals surface area contributed by atoms with E-state index in [0.717, 1.165) is 48.1 Å². The minimum absolute atomic E-state index is 0.0621. The van der Waals surface area contributed by atoms with Gasteiger partial charge in [0.2, 0.25) is 5.91 Å². The van der Waals surface area contributed by atoms with Gasteiger partial charge in [0.25, 0.3) is 5.91 Å². The van der Waals surface area contributed by atoms with Gasteiger partial charge in [0.05, 0.1) is 0 Å². The zero-order valence-corrected chi connectivity index (χ0v) is 20.5. The highest BCUT2D eigenvalue weighted by atomic mass is 16.5. The molecule has 0 saturated heterocycles. The van der Waals surface area contributed by atoms with Crippen LogP contribution in [0.1, 0.15) is 75.5 Å². The first-order valence-electron chi connectivity index (χ1n) is 12.3. The van der Waals surface area contributed by atoms with Crippen molar-refractivity contribution in [1.29, 1.82) is 0 Å². The number of rotatable bonds is 10. The van der Waals surface area contributed by atoms with Crippen molar-refractivity contribution in [2.75, 3.05) is 6.61 Å². The summed E-state index contributed by atoms with van der Waals surface area (Å²) < 4.78 is 5.99. The van der Waals surface area contributed by atoms with Crippen LogP contribution in [0.5, 0.6) is 5.75 Å². The number of ether oxygens (including phenoxy) is 1. The quantitative estimate of drug-likeness (QED) is 0.530. The van der Waals surface area contributed by atoms with Crippen molar-refractivity contribution < 1.29 is 14.3 Å². The van der Waals surface area contributed by atoms with Crippen molar-refractivity contribution in [2.24, 2.45) is 0 Å². The second kappa shape index (κ2) is 11.9. The number of aryl methyl sites for hydroxylation is 1. The Bertz CT molecular complexity index is 934. The fourth-order valence-corrected chi connectivity index (χ4v) is 4.61. The zero-order valence-electron chi connectivity index (χ0n) is 20.5. The van der Waals surface area contributed by atoms with E-state index in [-0.39, 0.29) is 24.5 Å². The maximum atomic E-state index is 13.4. The lowest BCUT2D eigenvalue weighted by Crippen LogP contribution is -2.52. The van der Waals surface area contributed by atoms with E-state index in [9.17, 15) is 9.59 Å². The number of nitrogens with one attached hydrogen (secondary N) is 1. The third-order valence-corrected chi connectivity index (χ3v) is 6.42. The number of para-hydroxylation sites is 1. The van der Waals surface area contributed by atoms with Gasteiger partial charge in [-0.2, -0.15) is 0 Å². The molecule has 178 valence electrons. The number of nitrogens with zero attached hydrogens (tertiary/aromatic N) is 1. The summed E-state index contributed by atoms with van der Waals surface area (Å²) in [5.74, 6) is 0.775. The van der Waals surface area contributed by atoms with Gasteiger partial charge in [-0.25, -0.2) is 0 Å². The van der Waals surface area contributed by atoms with Gasteiger partial charge in [0.1, 0.15) is 11.8 Å². The van der Waals surface area contributed by atoms with Gasteiger partial charge in [0, 0.05) is 12.6 Å². The standard InChI is InChI=1S/C28H38N2O3/c1-5-25(28(32)29-23-13-6-7-14-23)30(18-22-12-10-11-21(4)17-22)27(31)19-33-26-16-9-8-15-24(26)20(2)3/h8-12,15-17,20,23,25H,5-7,13-14,18-19H2,1-4H3,(H,29,32). The molecule has 1 atom stereocenters. The monoisotopic (exact) mass is 450 g/mol. The summed E-state index contributed by atoms with van der Waals surface area (Å²) in [5.41, 5.74) is 3.21. The molecular formula is C28H38N2O3. The van der Waals surface area contributed by atoms with E-state index in [0.29, 0.717) is 18.9 Å². The summed E-state index contributed by atoms with van der Waals surface area (Å²) in [6.07, 6.45) is 4.89. The summed E-state index contributed by atoms with van der Waals surface area (Å²) in [5, 5.41) is 3.19. The highest BCUT2D eigenvalue weighted by Crippen LogP contribution is 2.26. The molecule has 0 aromatic heterocycles. The summed E-state index contributed by atoms with van der Waals surface area (Å²) in [7, 11) is 0. The third-order valence-electron chi connectivity index (χ3n) is 6.42. The maximum Gasteiger partial charge on any atom is 0.261 e. The SMILES string of the molecule is CCC(C(=O)NC1CCCC1)N(Cc1cccc(C)c1)C(=O)COc1ccccc1C(C)C. The van der Waals surface area contributed by atoms with Gasteiger partial charge in [-0.05, 0) is 49.3 Å². The second-order valence-corrected chi connectivity index (χ2v) is 9.41. The molecule has 5 heteroatoms. The van der Waals surface area contributed by atoms with E-state index < -0.39 is 6.04 Å². The fraction of sp³-hybridized carbons (Fsp3) is 0.500. The molecule has 1 aliphatic rings. The van der Waals surface area contributed by atoms with Crippen molar-refractivity contribution in [1.82, 2.24) is 10.2 Å². The number of hydrogen-bond acceptors (Lipinski definition) is 3. The van der Waals surface area contributed by atoms with E-state index in [4.69, 9.17) is 4.74 Å². The lowest BCUT2D eigenvalue weighted by molar-refractivity contribution is -0.143. The van der Waals surface area contributed by atoms with Crippen LogP contribution < -0.4 is 10.1 Å². The number of carbonyl (C=O) groups excluding carboxylic acids is 2. The van der Waals surface area contributed by atoms with Crippen LogP contribution in [0.3, 0.4) is 0 Å². The van der Waals surface area contributed by atoms with Crippen molar-refractivity contribution in [3.63, 3.8) is 0 Å². The molecule has 0 radical (unpaired) electrons. The van der Waals surface area contributed by atoms with Gasteiger partial charge in [-0.3, -0.25) is 9.59 Å². The minimum atomic E-state index is -0.525. The van der Waals surface area contributed by atoms with Gasteiger partial charge < -0.3 is 15.0 Å². The van der Waals surface area contributed by atoms with Gasteiger partial charge in [-0.15, -0.1) is 0 Å². The molecule has 1 fully saturated rings. The summed E-state index contributed by atoms with van der Waals surface area (Å²) >= 11 is 0. The molecule has 1 aliphatic carbocycles. The largest absolute Gasteiger partial charge is 0.483 e. The van der Waals surface area contributed by atoms with Crippen LogP contribution >= 0.6 is 0 Å². The average Bonchev–Trinajstić information content (AvgIpc) is 3.30. The van der Waals surface area contributed by atoms with E-state index in [2.05, 4.69) is 25.2 Å². The van der Waals surface area contributed by atoms with E-state index in [1.807, 2.05) is 56.3 Å². The van der Waals surface area contributed by atoms with Crippen LogP contribution in [0.15, 0.2) is 48.5 Å². The van der Waals surface area contributed by atoms with E-state index >= 15 is 0 Å². The molecule has 5 nitrogen and oxygen atoms in total. The Labute approximate surface area is 198 Å². The molecule has 1 N–H and O–H groups in total. The van der Waals surface area contributed by atoms with Crippen LogP contribution in [0.2, 0.25) is 0 Å². The number of benzene rings is 2. The molecule has 0 spiro atoms. The summed E-state index contributed by atoms with van der Waals surface area (Å²) in [6, 6.07) is 15.6. The molecule has 2 amide bonds. The van der Waals surface area contributed by atoms with Crippen LogP contribution in [-0.2, 0) is 16.1 Å². The summed E-state index contributed by atoms with van der Waals surface area (Å²) in [4.78, 5) is 28.3. The fourth-order valence-electron chi connectivity index (χ4n) is 4.61. The average molecular weight is 451 g/mol. The molecular weight excluding hydrogens is 412 g/mol. The topological polar surface area (TPSA) is 58.6 Å². The third kappa shape index (κ3) is 6.83. The van der Waals surface area contributed by atoms with Crippen molar-refractivity contribution in [3.8, 4) is 5.75 Å². The lowest BCUT2D eigenvalue weighted by atomic mass is 10.0. The molecule has 2 aromatic carbocycles. The molecule has 0 aliphatic heterocycles. The van der Waals surface area contributed by atoms with Gasteiger partial charge >= 0.3 is 0 Å². The van der Waals surface area contributed by atoms with Crippen LogP contribution in [0.4, 0.5) is 0 Å². The predicted octanol–water partition coefficient (Wildman–Crippen LogP) is 5.36. The molecule has 2 aromatic rings. The Balaban J connectivity index is 1.79. The first-order valence-corrected chi connectivity index (χ1v) is 12.3. The van der Waals surface area contributed by atoms with Crippen LogP contribution in [0, 0.1) is 6.92 Å². The van der Waals surface area contributed by atoms with Crippen LogP contribution in [-0.4, -0.2) is 35.4 Å². The van der Waals surface area contributed by atoms with Crippen molar-refractivity contribution in [2.45, 2.75) is 84.3 Å². The Morgan fingerprint density at radius 3 is 2.48 bits per heavy atom. The molecule has 0 bridgehead atoms. The van der Waals surface area contributed by atoms with Gasteiger partial charge in [0.15, 0.2) is 6.61 Å².